The van der Waals surface area contributed by atoms with Gasteiger partial charge in [0.15, 0.2) is 11.6 Å². The Kier molecular flexibility index (Phi) is 7.39. The number of carbonyl (C=O) groups excluding carboxylic acids is 1. The molecule has 2 heterocycles. The number of hydrogen-bond acceptors (Lipinski definition) is 5. The maximum absolute atomic E-state index is 14.1. The highest BCUT2D eigenvalue weighted by molar-refractivity contribution is 7.89. The van der Waals surface area contributed by atoms with Crippen LogP contribution in [0.4, 0.5) is 13.2 Å². The Balaban J connectivity index is 1.38. The number of para-hydroxylation sites is 1. The summed E-state index contributed by atoms with van der Waals surface area (Å²) in [7, 11) is -2.59. The summed E-state index contributed by atoms with van der Waals surface area (Å²) in [6, 6.07) is 6.80. The Morgan fingerprint density at radius 3 is 2.40 bits per heavy atom. The van der Waals surface area contributed by atoms with Gasteiger partial charge in [-0.2, -0.15) is 0 Å². The summed E-state index contributed by atoms with van der Waals surface area (Å²) in [6.45, 7) is -0.385. The first kappa shape index (κ1) is 25.5. The zero-order chi connectivity index (χ0) is 25.3. The smallest absolute Gasteiger partial charge is 0.244 e. The number of fused-ring (bicyclic) bond motifs is 2. The van der Waals surface area contributed by atoms with Gasteiger partial charge in [-0.25, -0.2) is 26.3 Å². The molecule has 2 aromatic rings. The highest BCUT2D eigenvalue weighted by atomic mass is 32.2. The van der Waals surface area contributed by atoms with E-state index in [1.807, 2.05) is 0 Å². The summed E-state index contributed by atoms with van der Waals surface area (Å²) in [5, 5.41) is 0. The number of ether oxygens (including phenoxy) is 1. The average molecular weight is 512 g/mol. The first-order valence-electron chi connectivity index (χ1n) is 11.4. The Bertz CT molecular complexity index is 1200. The maximum Gasteiger partial charge on any atom is 0.244 e. The number of nitrogens with one attached hydrogen (secondary N) is 1. The number of nitrogens with zero attached hydrogens (tertiary/aromatic N) is 1. The normalized spacial score (nSPS) is 22.8. The summed E-state index contributed by atoms with van der Waals surface area (Å²) in [6.07, 6.45) is 2.73. The number of methoxy groups -OCH3 is 1. The Morgan fingerprint density at radius 1 is 1.11 bits per heavy atom. The predicted octanol–water partition coefficient (Wildman–Crippen LogP) is 2.73. The maximum atomic E-state index is 14.1. The van der Waals surface area contributed by atoms with Crippen molar-refractivity contribution in [3.8, 4) is 5.75 Å². The van der Waals surface area contributed by atoms with Crippen LogP contribution in [-0.4, -0.2) is 51.0 Å². The number of nitrogens with two attached hydrogens (primary N) is 1. The monoisotopic (exact) mass is 511 g/mol. The number of sulfonamides is 1. The molecule has 2 bridgehead atoms. The summed E-state index contributed by atoms with van der Waals surface area (Å²) < 4.78 is 73.7. The van der Waals surface area contributed by atoms with E-state index in [0.717, 1.165) is 18.9 Å². The van der Waals surface area contributed by atoms with Crippen LogP contribution in [0.1, 0.15) is 31.2 Å². The minimum Gasteiger partial charge on any atom is -0.495 e. The van der Waals surface area contributed by atoms with E-state index in [-0.39, 0.29) is 53.1 Å². The molecule has 0 spiro atoms. The van der Waals surface area contributed by atoms with E-state index >= 15 is 0 Å². The van der Waals surface area contributed by atoms with Gasteiger partial charge in [0.2, 0.25) is 15.9 Å². The number of halogens is 3. The molecule has 3 N–H and O–H groups in total. The van der Waals surface area contributed by atoms with Crippen LogP contribution in [-0.2, 0) is 21.2 Å². The van der Waals surface area contributed by atoms with Gasteiger partial charge in [-0.05, 0) is 61.8 Å². The molecule has 0 aromatic heterocycles. The Hall–Kier alpha value is -2.63. The molecule has 4 atom stereocenters. The third-order valence-corrected chi connectivity index (χ3v) is 8.42. The molecule has 2 aromatic carbocycles. The number of rotatable bonds is 8. The van der Waals surface area contributed by atoms with Crippen molar-refractivity contribution in [2.75, 3.05) is 13.7 Å². The standard InChI is InChI=1S/C24H28F3N3O4S/c1-34-22-4-2-3-5-23(22)35(32,33)29-13-24(31)30-16-6-7-17(30)9-15(8-16)21(28)11-14-10-19(26)20(27)12-18(14)25/h2-5,10,12,15-17,21,29H,6-9,11,13,28H2,1H3/t15?,16-,17+,21-/m1/s1. The van der Waals surface area contributed by atoms with E-state index in [0.29, 0.717) is 18.9 Å². The van der Waals surface area contributed by atoms with E-state index in [1.54, 1.807) is 17.0 Å². The molecule has 35 heavy (non-hydrogen) atoms. The van der Waals surface area contributed by atoms with Crippen LogP contribution < -0.4 is 15.2 Å². The Morgan fingerprint density at radius 2 is 1.74 bits per heavy atom. The lowest BCUT2D eigenvalue weighted by Gasteiger charge is -2.41. The van der Waals surface area contributed by atoms with Crippen molar-refractivity contribution in [3.63, 3.8) is 0 Å². The first-order chi connectivity index (χ1) is 16.6. The van der Waals surface area contributed by atoms with Gasteiger partial charge in [-0.15, -0.1) is 0 Å². The summed E-state index contributed by atoms with van der Waals surface area (Å²) in [4.78, 5) is 14.7. The molecule has 7 nitrogen and oxygen atoms in total. The van der Waals surface area contributed by atoms with E-state index < -0.39 is 33.5 Å². The van der Waals surface area contributed by atoms with E-state index in [2.05, 4.69) is 4.72 Å². The molecule has 0 radical (unpaired) electrons. The van der Waals surface area contributed by atoms with Crippen molar-refractivity contribution in [2.24, 2.45) is 11.7 Å². The molecule has 11 heteroatoms. The van der Waals surface area contributed by atoms with Crippen molar-refractivity contribution in [1.29, 1.82) is 0 Å². The SMILES string of the molecule is COc1ccccc1S(=O)(=O)NCC(=O)N1[C@@H]2CC[C@H]1CC([C@H](N)Cc1cc(F)c(F)cc1F)C2. The van der Waals surface area contributed by atoms with Crippen LogP contribution in [0, 0.1) is 23.4 Å². The molecule has 0 aliphatic carbocycles. The van der Waals surface area contributed by atoms with Gasteiger partial charge < -0.3 is 15.4 Å². The summed E-state index contributed by atoms with van der Waals surface area (Å²) in [5.41, 5.74) is 6.35. The highest BCUT2D eigenvalue weighted by Gasteiger charge is 2.44. The third kappa shape index (κ3) is 5.31. The summed E-state index contributed by atoms with van der Waals surface area (Å²) in [5.74, 6) is -3.38. The van der Waals surface area contributed by atoms with Crippen LogP contribution in [0.15, 0.2) is 41.3 Å². The van der Waals surface area contributed by atoms with Gasteiger partial charge in [0, 0.05) is 24.2 Å². The second-order valence-electron chi connectivity index (χ2n) is 9.12. The quantitative estimate of drug-likeness (QED) is 0.531. The van der Waals surface area contributed by atoms with E-state index in [1.165, 1.54) is 19.2 Å². The van der Waals surface area contributed by atoms with Crippen LogP contribution in [0.25, 0.3) is 0 Å². The second kappa shape index (κ2) is 10.2. The lowest BCUT2D eigenvalue weighted by Crippen LogP contribution is -2.52. The predicted molar refractivity (Wildman–Crippen MR) is 123 cm³/mol. The van der Waals surface area contributed by atoms with Gasteiger partial charge in [0.1, 0.15) is 16.5 Å². The van der Waals surface area contributed by atoms with Gasteiger partial charge >= 0.3 is 0 Å². The lowest BCUT2D eigenvalue weighted by molar-refractivity contribution is -0.135. The Labute approximate surface area is 202 Å². The number of hydrogen-bond donors (Lipinski definition) is 2. The third-order valence-electron chi connectivity index (χ3n) is 6.98. The largest absolute Gasteiger partial charge is 0.495 e. The zero-order valence-corrected chi connectivity index (χ0v) is 20.0. The topological polar surface area (TPSA) is 102 Å². The second-order valence-corrected chi connectivity index (χ2v) is 10.9. The number of amides is 1. The molecule has 2 aliphatic heterocycles. The van der Waals surface area contributed by atoms with Crippen molar-refractivity contribution in [3.05, 3.63) is 59.4 Å². The zero-order valence-electron chi connectivity index (χ0n) is 19.2. The molecule has 0 saturated carbocycles. The number of benzene rings is 2. The van der Waals surface area contributed by atoms with Crippen molar-refractivity contribution >= 4 is 15.9 Å². The highest BCUT2D eigenvalue weighted by Crippen LogP contribution is 2.40. The number of piperidine rings is 1. The number of carbonyl (C=O) groups is 1. The molecule has 1 amide bonds. The van der Waals surface area contributed by atoms with Gasteiger partial charge in [0.25, 0.3) is 0 Å². The van der Waals surface area contributed by atoms with Gasteiger partial charge in [-0.1, -0.05) is 12.1 Å². The van der Waals surface area contributed by atoms with Gasteiger partial charge in [0.05, 0.1) is 13.7 Å². The van der Waals surface area contributed by atoms with Crippen LogP contribution in [0.5, 0.6) is 5.75 Å². The van der Waals surface area contributed by atoms with Crippen LogP contribution in [0.2, 0.25) is 0 Å². The fraction of sp³-hybridized carbons (Fsp3) is 0.458. The van der Waals surface area contributed by atoms with Crippen molar-refractivity contribution in [1.82, 2.24) is 9.62 Å². The molecular formula is C24H28F3N3O4S. The first-order valence-corrected chi connectivity index (χ1v) is 12.9. The minimum atomic E-state index is -3.96. The molecule has 2 saturated heterocycles. The molecule has 2 aliphatic rings. The lowest BCUT2D eigenvalue weighted by atomic mass is 9.82. The van der Waals surface area contributed by atoms with Crippen molar-refractivity contribution in [2.45, 2.75) is 55.1 Å². The molecule has 1 unspecified atom stereocenters. The average Bonchev–Trinajstić information content (AvgIpc) is 3.10. The minimum absolute atomic E-state index is 0.0213. The molecule has 2 fully saturated rings. The van der Waals surface area contributed by atoms with Crippen LogP contribution >= 0.6 is 0 Å². The van der Waals surface area contributed by atoms with E-state index in [9.17, 15) is 26.4 Å². The summed E-state index contributed by atoms with van der Waals surface area (Å²) >= 11 is 0. The molecular weight excluding hydrogens is 483 g/mol. The fourth-order valence-corrected chi connectivity index (χ4v) is 6.43. The van der Waals surface area contributed by atoms with Crippen LogP contribution in [0.3, 0.4) is 0 Å². The van der Waals surface area contributed by atoms with Gasteiger partial charge in [-0.3, -0.25) is 4.79 Å². The molecule has 4 rings (SSSR count). The van der Waals surface area contributed by atoms with Crippen molar-refractivity contribution < 1.29 is 31.1 Å². The fourth-order valence-electron chi connectivity index (χ4n) is 5.28. The van der Waals surface area contributed by atoms with E-state index in [4.69, 9.17) is 10.5 Å². The molecule has 190 valence electrons.